The van der Waals surface area contributed by atoms with Gasteiger partial charge in [-0.3, -0.25) is 19.2 Å². The second kappa shape index (κ2) is 15.7. The number of thioether (sulfide) groups is 1. The lowest BCUT2D eigenvalue weighted by atomic mass is 10.0. The third kappa shape index (κ3) is 11.5. The van der Waals surface area contributed by atoms with Crippen molar-refractivity contribution in [1.82, 2.24) is 16.0 Å². The summed E-state index contributed by atoms with van der Waals surface area (Å²) in [5.41, 5.74) is 6.33. The molecule has 0 aliphatic heterocycles. The van der Waals surface area contributed by atoms with Crippen molar-refractivity contribution in [3.05, 3.63) is 29.8 Å². The molecule has 1 aromatic rings. The number of phenols is 1. The van der Waals surface area contributed by atoms with Gasteiger partial charge in [0.25, 0.3) is 0 Å². The minimum absolute atomic E-state index is 0.0215. The Hall–Kier alpha value is -3.32. The maximum absolute atomic E-state index is 13.0. The molecular formula is C24H36N4O8S. The van der Waals surface area contributed by atoms with Crippen LogP contribution in [0.3, 0.4) is 0 Å². The third-order valence-electron chi connectivity index (χ3n) is 5.49. The summed E-state index contributed by atoms with van der Waals surface area (Å²) in [6.07, 6.45) is 1.60. The van der Waals surface area contributed by atoms with Gasteiger partial charge in [0.05, 0.1) is 6.04 Å². The molecule has 1 aromatic carbocycles. The largest absolute Gasteiger partial charge is 0.508 e. The number of carbonyl (C=O) groups excluding carboxylic acids is 3. The first-order chi connectivity index (χ1) is 17.3. The average molecular weight is 541 g/mol. The zero-order chi connectivity index (χ0) is 28.1. The Labute approximate surface area is 219 Å². The molecule has 206 valence electrons. The molecule has 0 heterocycles. The van der Waals surface area contributed by atoms with E-state index in [1.165, 1.54) is 23.9 Å². The number of benzene rings is 1. The summed E-state index contributed by atoms with van der Waals surface area (Å²) in [4.78, 5) is 61.0. The fraction of sp³-hybridized carbons (Fsp3) is 0.542. The van der Waals surface area contributed by atoms with Crippen LogP contribution in [-0.2, 0) is 30.4 Å². The zero-order valence-corrected chi connectivity index (χ0v) is 21.9. The fourth-order valence-corrected chi connectivity index (χ4v) is 3.78. The lowest BCUT2D eigenvalue weighted by molar-refractivity contribution is -0.142. The van der Waals surface area contributed by atoms with Crippen LogP contribution in [0.5, 0.6) is 5.75 Å². The normalized spacial score (nSPS) is 14.2. The number of phenolic OH excluding ortho intramolecular Hbond substituents is 1. The summed E-state index contributed by atoms with van der Waals surface area (Å²) in [5, 5.41) is 35.4. The molecule has 4 atom stereocenters. The van der Waals surface area contributed by atoms with Gasteiger partial charge < -0.3 is 37.0 Å². The Bertz CT molecular complexity index is 941. The van der Waals surface area contributed by atoms with Crippen molar-refractivity contribution in [3.63, 3.8) is 0 Å². The second-order valence-corrected chi connectivity index (χ2v) is 9.87. The van der Waals surface area contributed by atoms with Crippen molar-refractivity contribution in [2.75, 3.05) is 12.0 Å². The summed E-state index contributed by atoms with van der Waals surface area (Å²) in [7, 11) is 0. The van der Waals surface area contributed by atoms with E-state index in [9.17, 15) is 34.2 Å². The number of hydrogen-bond donors (Lipinski definition) is 7. The highest BCUT2D eigenvalue weighted by atomic mass is 32.2. The van der Waals surface area contributed by atoms with Crippen LogP contribution >= 0.6 is 11.8 Å². The van der Waals surface area contributed by atoms with Crippen LogP contribution in [0, 0.1) is 5.92 Å². The van der Waals surface area contributed by atoms with Crippen LogP contribution in [0.15, 0.2) is 24.3 Å². The second-order valence-electron chi connectivity index (χ2n) is 8.88. The molecule has 0 aliphatic carbocycles. The topological polar surface area (TPSA) is 208 Å². The van der Waals surface area contributed by atoms with E-state index < -0.39 is 59.7 Å². The summed E-state index contributed by atoms with van der Waals surface area (Å²) < 4.78 is 0. The van der Waals surface area contributed by atoms with Crippen LogP contribution in [0.1, 0.15) is 38.7 Å². The Balaban J connectivity index is 2.93. The maximum atomic E-state index is 13.0. The van der Waals surface area contributed by atoms with Crippen molar-refractivity contribution >= 4 is 41.4 Å². The van der Waals surface area contributed by atoms with Gasteiger partial charge in [-0.1, -0.05) is 26.0 Å². The summed E-state index contributed by atoms with van der Waals surface area (Å²) in [5.74, 6) is -4.29. The molecule has 0 bridgehead atoms. The first kappa shape index (κ1) is 31.7. The predicted molar refractivity (Wildman–Crippen MR) is 138 cm³/mol. The van der Waals surface area contributed by atoms with Crippen LogP contribution in [-0.4, -0.2) is 81.2 Å². The summed E-state index contributed by atoms with van der Waals surface area (Å²) in [6.45, 7) is 3.36. The number of rotatable bonds is 16. The van der Waals surface area contributed by atoms with Gasteiger partial charge in [0.15, 0.2) is 0 Å². The molecule has 0 aliphatic rings. The van der Waals surface area contributed by atoms with Gasteiger partial charge in [0.1, 0.15) is 23.9 Å². The molecule has 0 saturated heterocycles. The molecule has 3 amide bonds. The Kier molecular flexibility index (Phi) is 13.5. The highest BCUT2D eigenvalue weighted by molar-refractivity contribution is 7.98. The van der Waals surface area contributed by atoms with Crippen LogP contribution < -0.4 is 21.7 Å². The first-order valence-corrected chi connectivity index (χ1v) is 13.1. The van der Waals surface area contributed by atoms with Crippen LogP contribution in [0.4, 0.5) is 0 Å². The van der Waals surface area contributed by atoms with E-state index in [2.05, 4.69) is 16.0 Å². The standard InChI is InChI=1S/C24H36N4O8S/c1-13(2)20(23(34)27-18(24(35)36)12-14-4-6-15(29)7-5-14)28-22(33)17(10-11-37-3)26-21(32)16(25)8-9-19(30)31/h4-7,13,16-18,20,29H,8-12,25H2,1-3H3,(H,26,32)(H,27,34)(H,28,33)(H,30,31)(H,35,36). The Morgan fingerprint density at radius 2 is 1.49 bits per heavy atom. The Morgan fingerprint density at radius 3 is 2.00 bits per heavy atom. The van der Waals surface area contributed by atoms with Crippen molar-refractivity contribution in [2.24, 2.45) is 11.7 Å². The van der Waals surface area contributed by atoms with Gasteiger partial charge in [-0.25, -0.2) is 4.79 Å². The number of aromatic hydroxyl groups is 1. The summed E-state index contributed by atoms with van der Waals surface area (Å²) in [6, 6.07) is 1.36. The number of aliphatic carboxylic acids is 2. The molecule has 37 heavy (non-hydrogen) atoms. The molecule has 8 N–H and O–H groups in total. The molecular weight excluding hydrogens is 504 g/mol. The molecule has 4 unspecified atom stereocenters. The molecule has 0 saturated carbocycles. The number of carboxylic acids is 2. The van der Waals surface area contributed by atoms with Gasteiger partial charge in [-0.2, -0.15) is 11.8 Å². The van der Waals surface area contributed by atoms with Gasteiger partial charge in [-0.15, -0.1) is 0 Å². The van der Waals surface area contributed by atoms with Gasteiger partial charge >= 0.3 is 11.9 Å². The van der Waals surface area contributed by atoms with Crippen molar-refractivity contribution in [2.45, 2.75) is 63.7 Å². The minimum Gasteiger partial charge on any atom is -0.508 e. The SMILES string of the molecule is CSCCC(NC(=O)C(N)CCC(=O)O)C(=O)NC(C(=O)NC(Cc1ccc(O)cc1)C(=O)O)C(C)C. The monoisotopic (exact) mass is 540 g/mol. The molecule has 0 spiro atoms. The molecule has 0 aromatic heterocycles. The van der Waals surface area contributed by atoms with Gasteiger partial charge in [-0.05, 0) is 48.5 Å². The highest BCUT2D eigenvalue weighted by Crippen LogP contribution is 2.12. The van der Waals surface area contributed by atoms with E-state index in [1.54, 1.807) is 26.0 Å². The predicted octanol–water partition coefficient (Wildman–Crippen LogP) is 0.0749. The number of nitrogens with one attached hydrogen (secondary N) is 3. The molecule has 12 nitrogen and oxygen atoms in total. The van der Waals surface area contributed by atoms with E-state index in [-0.39, 0.29) is 31.4 Å². The quantitative estimate of drug-likeness (QED) is 0.150. The number of hydrogen-bond acceptors (Lipinski definition) is 8. The number of nitrogens with two attached hydrogens (primary N) is 1. The van der Waals surface area contributed by atoms with Crippen LogP contribution in [0.2, 0.25) is 0 Å². The smallest absolute Gasteiger partial charge is 0.326 e. The van der Waals surface area contributed by atoms with Crippen molar-refractivity contribution < 1.29 is 39.3 Å². The number of carboxylic acid groups (broad SMARTS) is 2. The average Bonchev–Trinajstić information content (AvgIpc) is 2.83. The van der Waals surface area contributed by atoms with E-state index in [0.29, 0.717) is 11.3 Å². The first-order valence-electron chi connectivity index (χ1n) is 11.7. The van der Waals surface area contributed by atoms with E-state index in [0.717, 1.165) is 0 Å². The third-order valence-corrected chi connectivity index (χ3v) is 6.13. The molecule has 13 heteroatoms. The number of carbonyl (C=O) groups is 5. The summed E-state index contributed by atoms with van der Waals surface area (Å²) >= 11 is 1.44. The number of amides is 3. The Morgan fingerprint density at radius 1 is 0.892 bits per heavy atom. The zero-order valence-electron chi connectivity index (χ0n) is 21.1. The minimum atomic E-state index is -1.28. The van der Waals surface area contributed by atoms with Crippen LogP contribution in [0.25, 0.3) is 0 Å². The maximum Gasteiger partial charge on any atom is 0.326 e. The van der Waals surface area contributed by atoms with E-state index in [1.807, 2.05) is 6.26 Å². The molecule has 0 radical (unpaired) electrons. The lowest BCUT2D eigenvalue weighted by Crippen LogP contribution is -2.58. The van der Waals surface area contributed by atoms with Gasteiger partial charge in [0, 0.05) is 12.8 Å². The van der Waals surface area contributed by atoms with Gasteiger partial charge in [0.2, 0.25) is 17.7 Å². The lowest BCUT2D eigenvalue weighted by Gasteiger charge is -2.27. The highest BCUT2D eigenvalue weighted by Gasteiger charge is 2.32. The molecule has 0 fully saturated rings. The molecule has 1 rings (SSSR count). The van der Waals surface area contributed by atoms with Crippen molar-refractivity contribution in [1.29, 1.82) is 0 Å². The fourth-order valence-electron chi connectivity index (χ4n) is 3.31. The van der Waals surface area contributed by atoms with E-state index in [4.69, 9.17) is 10.8 Å². The van der Waals surface area contributed by atoms with Crippen molar-refractivity contribution in [3.8, 4) is 5.75 Å². The van der Waals surface area contributed by atoms with E-state index >= 15 is 0 Å².